The van der Waals surface area contributed by atoms with Gasteiger partial charge in [-0.05, 0) is 135 Å². The molecule has 4 nitrogen and oxygen atoms in total. The minimum absolute atomic E-state index is 0.0735. The summed E-state index contributed by atoms with van der Waals surface area (Å²) in [6.45, 7) is 19.1. The van der Waals surface area contributed by atoms with Gasteiger partial charge in [0.05, 0.1) is 17.1 Å². The van der Waals surface area contributed by atoms with Crippen molar-refractivity contribution in [2.45, 2.75) is 39.3 Å². The van der Waals surface area contributed by atoms with Crippen molar-refractivity contribution in [1.82, 2.24) is 9.88 Å². The average Bonchev–Trinajstić information content (AvgIpc) is 3.77. The van der Waals surface area contributed by atoms with Gasteiger partial charge in [0, 0.05) is 46.8 Å². The highest BCUT2D eigenvalue weighted by Crippen LogP contribution is 2.35. The lowest BCUT2D eigenvalue weighted by atomic mass is 9.98. The Kier molecular flexibility index (Phi) is 17.7. The molecule has 0 radical (unpaired) electrons. The molecule has 0 fully saturated rings. The van der Waals surface area contributed by atoms with Crippen LogP contribution >= 0.6 is 0 Å². The molecule has 0 saturated carbocycles. The number of nitrogens with zero attached hydrogens (tertiary/aromatic N) is 2. The number of anilines is 1. The second-order valence-corrected chi connectivity index (χ2v) is 18.5. The van der Waals surface area contributed by atoms with E-state index in [9.17, 15) is 0 Å². The standard InChI is InChI=1S/C52H44N4.C15H16.C3H6/c1-38-17-14-15-31-55(46-25-16-18-40(34-46)37-54-50(42-21-8-4-9-22-42)36-49(53)41-19-6-3-7-20-41)32-30-44(33-39(38)2)43-28-29-52-48(35-43)47-26-12-13-27-51(47)56(52)45-23-10-5-11-24-45;1-12(2)14-9-6-10-15(11-14)13-7-4-3-5-8-13;1-3-2/h3-36,50,54H,1-2,37,53H2;3-12H,1-2H3;3H,1H2,2H3/b17-14-,31-15-,32-30-,44-33+,49-36-;;. The summed E-state index contributed by atoms with van der Waals surface area (Å²) in [5, 5.41) is 6.16. The molecule has 0 bridgehead atoms. The number of allylic oxidation sites excluding steroid dienone is 9. The number of hydrogen-bond acceptors (Lipinski definition) is 3. The topological polar surface area (TPSA) is 46.2 Å². The van der Waals surface area contributed by atoms with E-state index in [1.54, 1.807) is 6.08 Å². The first kappa shape index (κ1) is 51.4. The Hall–Kier alpha value is -8.96. The van der Waals surface area contributed by atoms with Crippen molar-refractivity contribution in [2.24, 2.45) is 5.73 Å². The fourth-order valence-corrected chi connectivity index (χ4v) is 8.92. The molecule has 366 valence electrons. The third kappa shape index (κ3) is 13.1. The van der Waals surface area contributed by atoms with E-state index < -0.39 is 0 Å². The van der Waals surface area contributed by atoms with Crippen molar-refractivity contribution in [2.75, 3.05) is 4.90 Å². The second kappa shape index (κ2) is 25.4. The first-order valence-electron chi connectivity index (χ1n) is 25.3. The van der Waals surface area contributed by atoms with Gasteiger partial charge in [-0.2, -0.15) is 0 Å². The molecule has 74 heavy (non-hydrogen) atoms. The van der Waals surface area contributed by atoms with Gasteiger partial charge in [0.1, 0.15) is 0 Å². The summed E-state index contributed by atoms with van der Waals surface area (Å²) in [5.74, 6) is 0.591. The number of benzene rings is 8. The third-order valence-electron chi connectivity index (χ3n) is 12.8. The quantitative estimate of drug-likeness (QED) is 0.127. The van der Waals surface area contributed by atoms with Gasteiger partial charge < -0.3 is 20.5 Å². The van der Waals surface area contributed by atoms with E-state index in [0.717, 1.165) is 61.6 Å². The van der Waals surface area contributed by atoms with Crippen molar-refractivity contribution >= 4 is 38.8 Å². The van der Waals surface area contributed by atoms with Gasteiger partial charge in [0.2, 0.25) is 0 Å². The van der Waals surface area contributed by atoms with E-state index in [-0.39, 0.29) is 6.04 Å². The van der Waals surface area contributed by atoms with E-state index in [2.05, 4.69) is 255 Å². The van der Waals surface area contributed by atoms with Gasteiger partial charge in [0.15, 0.2) is 0 Å². The molecule has 2 heterocycles. The molecular weight excluding hydrogens is 897 g/mol. The number of nitrogens with two attached hydrogens (primary N) is 1. The molecule has 3 N–H and O–H groups in total. The van der Waals surface area contributed by atoms with Crippen LogP contribution in [0.5, 0.6) is 0 Å². The van der Waals surface area contributed by atoms with Crippen LogP contribution in [0.25, 0.3) is 49.9 Å². The van der Waals surface area contributed by atoms with Gasteiger partial charge in [-0.15, -0.1) is 6.58 Å². The molecule has 1 aliphatic rings. The number of para-hydroxylation sites is 2. The summed E-state index contributed by atoms with van der Waals surface area (Å²) in [5.41, 5.74) is 23.0. The van der Waals surface area contributed by atoms with Gasteiger partial charge in [-0.25, -0.2) is 0 Å². The number of aromatic nitrogens is 1. The van der Waals surface area contributed by atoms with Gasteiger partial charge in [-0.3, -0.25) is 0 Å². The van der Waals surface area contributed by atoms with Crippen molar-refractivity contribution in [3.05, 3.63) is 326 Å². The van der Waals surface area contributed by atoms with Crippen LogP contribution in [0.3, 0.4) is 0 Å². The molecule has 1 atom stereocenters. The first-order valence-corrected chi connectivity index (χ1v) is 25.3. The lowest BCUT2D eigenvalue weighted by molar-refractivity contribution is 0.621. The number of nitrogens with one attached hydrogen (secondary N) is 1. The monoisotopic (exact) mass is 963 g/mol. The van der Waals surface area contributed by atoms with Gasteiger partial charge in [0.25, 0.3) is 0 Å². The highest BCUT2D eigenvalue weighted by molar-refractivity contribution is 6.10. The van der Waals surface area contributed by atoms with Crippen molar-refractivity contribution in [3.63, 3.8) is 0 Å². The highest BCUT2D eigenvalue weighted by Gasteiger charge is 2.15. The maximum atomic E-state index is 6.61. The minimum Gasteiger partial charge on any atom is -0.398 e. The maximum absolute atomic E-state index is 6.61. The molecule has 1 aromatic heterocycles. The van der Waals surface area contributed by atoms with Crippen molar-refractivity contribution < 1.29 is 0 Å². The zero-order valence-corrected chi connectivity index (χ0v) is 42.9. The Bertz CT molecular complexity index is 3480. The summed E-state index contributed by atoms with van der Waals surface area (Å²) < 4.78 is 2.34. The lowest BCUT2D eigenvalue weighted by Crippen LogP contribution is -2.20. The largest absolute Gasteiger partial charge is 0.398 e. The summed E-state index contributed by atoms with van der Waals surface area (Å²) in [6.07, 6.45) is 18.4. The predicted molar refractivity (Wildman–Crippen MR) is 320 cm³/mol. The number of rotatable bonds is 11. The molecule has 8 aromatic carbocycles. The second-order valence-electron chi connectivity index (χ2n) is 18.5. The van der Waals surface area contributed by atoms with Crippen LogP contribution in [0.2, 0.25) is 0 Å². The summed E-state index contributed by atoms with van der Waals surface area (Å²) >= 11 is 0. The molecule has 0 aliphatic carbocycles. The SMILES string of the molecule is C=C1/C=C\C=C/N(c2cccc(CNC(/C=C(\N)c3ccccc3)c3ccccc3)c2)/C=C\C(c2ccc3c(c2)c2ccccc2n3-c2ccccc2)=C/C1=C.C=CC.CC(C)c1cccc(-c2ccccc2)c1. The third-order valence-corrected chi connectivity index (χ3v) is 12.8. The van der Waals surface area contributed by atoms with Crippen LogP contribution in [0.1, 0.15) is 60.5 Å². The van der Waals surface area contributed by atoms with Crippen molar-refractivity contribution in [1.29, 1.82) is 0 Å². The number of fused-ring (bicyclic) bond motifs is 3. The molecule has 9 aromatic rings. The van der Waals surface area contributed by atoms with Crippen LogP contribution in [-0.2, 0) is 6.54 Å². The fraction of sp³-hybridized carbons (Fsp3) is 0.0857. The summed E-state index contributed by atoms with van der Waals surface area (Å²) in [7, 11) is 0. The van der Waals surface area contributed by atoms with Crippen LogP contribution < -0.4 is 16.0 Å². The zero-order valence-electron chi connectivity index (χ0n) is 42.9. The van der Waals surface area contributed by atoms with Crippen molar-refractivity contribution in [3.8, 4) is 16.8 Å². The van der Waals surface area contributed by atoms with E-state index in [0.29, 0.717) is 12.5 Å². The smallest absolute Gasteiger partial charge is 0.0541 e. The Morgan fingerprint density at radius 2 is 1.16 bits per heavy atom. The zero-order chi connectivity index (χ0) is 51.7. The summed E-state index contributed by atoms with van der Waals surface area (Å²) in [4.78, 5) is 2.15. The van der Waals surface area contributed by atoms with Gasteiger partial charge in [-0.1, -0.05) is 215 Å². The summed E-state index contributed by atoms with van der Waals surface area (Å²) in [6, 6.07) is 74.3. The molecule has 1 aliphatic heterocycles. The molecule has 0 saturated heterocycles. The van der Waals surface area contributed by atoms with E-state index in [4.69, 9.17) is 5.73 Å². The molecule has 4 heteroatoms. The van der Waals surface area contributed by atoms with E-state index >= 15 is 0 Å². The molecule has 10 rings (SSSR count). The van der Waals surface area contributed by atoms with Crippen LogP contribution in [0, 0.1) is 0 Å². The Balaban J connectivity index is 0.000000342. The Morgan fingerprint density at radius 1 is 0.554 bits per heavy atom. The van der Waals surface area contributed by atoms with Gasteiger partial charge >= 0.3 is 0 Å². The van der Waals surface area contributed by atoms with Crippen LogP contribution in [0.4, 0.5) is 5.69 Å². The molecule has 1 unspecified atom stereocenters. The maximum Gasteiger partial charge on any atom is 0.0541 e. The molecular formula is C70H66N4. The Morgan fingerprint density at radius 3 is 1.89 bits per heavy atom. The van der Waals surface area contributed by atoms with E-state index in [1.807, 2.05) is 61.5 Å². The predicted octanol–water partition coefficient (Wildman–Crippen LogP) is 17.9. The van der Waals surface area contributed by atoms with E-state index in [1.165, 1.54) is 33.0 Å². The minimum atomic E-state index is -0.0735. The normalized spacial score (nSPS) is 15.1. The van der Waals surface area contributed by atoms with Crippen LogP contribution in [0.15, 0.2) is 298 Å². The molecule has 0 spiro atoms. The Labute approximate surface area is 439 Å². The first-order chi connectivity index (χ1) is 36.2. The lowest BCUT2D eigenvalue weighted by Gasteiger charge is -2.20. The fourth-order valence-electron chi connectivity index (χ4n) is 8.92. The highest BCUT2D eigenvalue weighted by atomic mass is 15.1. The van der Waals surface area contributed by atoms with Crippen LogP contribution in [-0.4, -0.2) is 4.57 Å². The number of hydrogen-bond donors (Lipinski definition) is 2. The molecule has 0 amide bonds. The average molecular weight is 963 g/mol.